The second-order valence-electron chi connectivity index (χ2n) is 13.5. The average molecular weight is 644 g/mol. The molecule has 2 fully saturated rings. The number of carbonyl (C=O) groups is 2. The first kappa shape index (κ1) is 33.5. The summed E-state index contributed by atoms with van der Waals surface area (Å²) < 4.78 is 5.87. The van der Waals surface area contributed by atoms with Crippen molar-refractivity contribution in [3.8, 4) is 11.1 Å². The zero-order valence-corrected chi connectivity index (χ0v) is 28.4. The van der Waals surface area contributed by atoms with E-state index < -0.39 is 0 Å². The Kier molecular flexibility index (Phi) is 11.2. The minimum absolute atomic E-state index is 0.0981. The Balaban J connectivity index is 1.04. The van der Waals surface area contributed by atoms with E-state index in [0.717, 1.165) is 68.4 Å². The van der Waals surface area contributed by atoms with Crippen molar-refractivity contribution in [2.75, 3.05) is 33.2 Å². The summed E-state index contributed by atoms with van der Waals surface area (Å²) in [5.41, 5.74) is 5.44. The van der Waals surface area contributed by atoms with Gasteiger partial charge in [-0.3, -0.25) is 4.79 Å². The molecule has 6 rings (SSSR count). The van der Waals surface area contributed by atoms with E-state index in [-0.39, 0.29) is 30.7 Å². The fourth-order valence-electron chi connectivity index (χ4n) is 7.73. The highest BCUT2D eigenvalue weighted by molar-refractivity contribution is 5.94. The topological polar surface area (TPSA) is 53.1 Å². The predicted octanol–water partition coefficient (Wildman–Crippen LogP) is 8.50. The van der Waals surface area contributed by atoms with Crippen LogP contribution >= 0.6 is 0 Å². The molecule has 4 aromatic carbocycles. The number of rotatable bonds is 11. The number of ether oxygens (including phenoxy) is 1. The zero-order valence-electron chi connectivity index (χ0n) is 28.4. The van der Waals surface area contributed by atoms with E-state index in [1.54, 1.807) is 0 Å². The van der Waals surface area contributed by atoms with E-state index in [9.17, 15) is 9.59 Å². The van der Waals surface area contributed by atoms with Crippen molar-refractivity contribution in [1.29, 1.82) is 0 Å². The van der Waals surface area contributed by atoms with Crippen LogP contribution in [0.15, 0.2) is 115 Å². The van der Waals surface area contributed by atoms with Crippen molar-refractivity contribution in [2.24, 2.45) is 5.92 Å². The van der Waals surface area contributed by atoms with Gasteiger partial charge in [-0.2, -0.15) is 0 Å². The lowest BCUT2D eigenvalue weighted by atomic mass is 9.88. The van der Waals surface area contributed by atoms with Crippen LogP contribution in [0.5, 0.6) is 0 Å². The molecule has 0 bridgehead atoms. The second kappa shape index (κ2) is 16.1. The fourth-order valence-corrected chi connectivity index (χ4v) is 7.73. The van der Waals surface area contributed by atoms with Gasteiger partial charge in [0.2, 0.25) is 0 Å². The summed E-state index contributed by atoms with van der Waals surface area (Å²) in [7, 11) is 1.97. The van der Waals surface area contributed by atoms with Crippen LogP contribution in [0.1, 0.15) is 66.4 Å². The normalized spacial score (nSPS) is 19.9. The molecule has 1 aliphatic carbocycles. The molecule has 6 nitrogen and oxygen atoms in total. The molecule has 48 heavy (non-hydrogen) atoms. The Morgan fingerprint density at radius 1 is 0.750 bits per heavy atom. The molecule has 1 aliphatic heterocycles. The molecule has 4 aromatic rings. The first-order valence-corrected chi connectivity index (χ1v) is 17.7. The van der Waals surface area contributed by atoms with E-state index in [1.807, 2.05) is 77.5 Å². The molecule has 1 heterocycles. The molecule has 3 atom stereocenters. The number of piperidine rings is 1. The fraction of sp³-hybridized carbons (Fsp3) is 0.381. The van der Waals surface area contributed by atoms with Gasteiger partial charge in [0.1, 0.15) is 6.61 Å². The van der Waals surface area contributed by atoms with Gasteiger partial charge in [-0.15, -0.1) is 0 Å². The zero-order chi connectivity index (χ0) is 33.3. The molecule has 2 aliphatic rings. The van der Waals surface area contributed by atoms with Crippen molar-refractivity contribution < 1.29 is 14.3 Å². The summed E-state index contributed by atoms with van der Waals surface area (Å²) in [6.45, 7) is 6.03. The van der Waals surface area contributed by atoms with Gasteiger partial charge in [-0.1, -0.05) is 110 Å². The van der Waals surface area contributed by atoms with Crippen LogP contribution in [0.4, 0.5) is 4.79 Å². The first-order chi connectivity index (χ1) is 23.5. The summed E-state index contributed by atoms with van der Waals surface area (Å²) >= 11 is 0. The van der Waals surface area contributed by atoms with Crippen LogP contribution in [-0.4, -0.2) is 72.0 Å². The summed E-state index contributed by atoms with van der Waals surface area (Å²) in [4.78, 5) is 33.2. The maximum atomic E-state index is 13.4. The molecule has 2 amide bonds. The molecule has 1 saturated carbocycles. The second-order valence-corrected chi connectivity index (χ2v) is 13.5. The predicted molar refractivity (Wildman–Crippen MR) is 193 cm³/mol. The summed E-state index contributed by atoms with van der Waals surface area (Å²) in [6.07, 6.45) is 4.55. The Morgan fingerprint density at radius 2 is 1.35 bits per heavy atom. The number of nitrogens with zero attached hydrogens (tertiary/aromatic N) is 3. The largest absolute Gasteiger partial charge is 0.445 e. The minimum atomic E-state index is -0.212. The van der Waals surface area contributed by atoms with Gasteiger partial charge in [0.15, 0.2) is 0 Å². The molecular weight excluding hydrogens is 594 g/mol. The van der Waals surface area contributed by atoms with Crippen molar-refractivity contribution in [2.45, 2.75) is 63.6 Å². The highest BCUT2D eigenvalue weighted by Gasteiger charge is 2.40. The number of carbonyl (C=O) groups excluding carboxylic acids is 2. The van der Waals surface area contributed by atoms with Crippen molar-refractivity contribution in [1.82, 2.24) is 14.7 Å². The molecule has 6 heteroatoms. The maximum Gasteiger partial charge on any atom is 0.410 e. The van der Waals surface area contributed by atoms with Crippen LogP contribution in [0.3, 0.4) is 0 Å². The van der Waals surface area contributed by atoms with Crippen LogP contribution in [0.2, 0.25) is 0 Å². The van der Waals surface area contributed by atoms with E-state index >= 15 is 0 Å². The van der Waals surface area contributed by atoms with Gasteiger partial charge in [0, 0.05) is 50.9 Å². The number of likely N-dealkylation sites (tertiary alicyclic amines) is 1. The third kappa shape index (κ3) is 8.16. The lowest BCUT2D eigenvalue weighted by Crippen LogP contribution is -2.48. The van der Waals surface area contributed by atoms with Gasteiger partial charge in [-0.25, -0.2) is 4.79 Å². The molecule has 0 N–H and O–H groups in total. The highest BCUT2D eigenvalue weighted by atomic mass is 16.6. The van der Waals surface area contributed by atoms with E-state index in [4.69, 9.17) is 4.74 Å². The summed E-state index contributed by atoms with van der Waals surface area (Å²) in [6, 6.07) is 39.4. The van der Waals surface area contributed by atoms with Crippen LogP contribution in [0, 0.1) is 5.92 Å². The van der Waals surface area contributed by atoms with Crippen molar-refractivity contribution in [3.63, 3.8) is 0 Å². The van der Waals surface area contributed by atoms with Crippen LogP contribution in [0.25, 0.3) is 11.1 Å². The number of benzene rings is 4. The SMILES string of the molecule is CCCN(C(=O)OCc1ccc(-c2ccccc2)cc1)C1CCN(C[C@H]2CC(N(C)C(=O)c3ccccc3)CC2c2ccccc2)CC1. The standard InChI is InChI=1S/C42H49N3O3/c1-3-25-45(42(47)48-31-32-19-21-34(22-20-32)33-13-7-4-8-14-33)38-23-26-44(27-24-38)30-37-28-39(29-40(37)35-15-9-5-10-16-35)43(2)41(46)36-17-11-6-12-18-36/h4-22,37-40H,3,23-31H2,1-2H3/t37-,39?,40?/m1/s1. The molecule has 0 spiro atoms. The van der Waals surface area contributed by atoms with Crippen molar-refractivity contribution >= 4 is 12.0 Å². The Hall–Kier alpha value is -4.42. The molecule has 250 valence electrons. The minimum Gasteiger partial charge on any atom is -0.445 e. The molecule has 0 aromatic heterocycles. The lowest BCUT2D eigenvalue weighted by Gasteiger charge is -2.39. The number of hydrogen-bond donors (Lipinski definition) is 0. The van der Waals surface area contributed by atoms with Crippen LogP contribution in [-0.2, 0) is 11.3 Å². The first-order valence-electron chi connectivity index (χ1n) is 17.7. The third-order valence-electron chi connectivity index (χ3n) is 10.4. The highest BCUT2D eigenvalue weighted by Crippen LogP contribution is 2.42. The van der Waals surface area contributed by atoms with Crippen molar-refractivity contribution in [3.05, 3.63) is 132 Å². The maximum absolute atomic E-state index is 13.4. The third-order valence-corrected chi connectivity index (χ3v) is 10.4. The van der Waals surface area contributed by atoms with Gasteiger partial charge in [-0.05, 0) is 78.3 Å². The lowest BCUT2D eigenvalue weighted by molar-refractivity contribution is 0.0572. The smallest absolute Gasteiger partial charge is 0.410 e. The summed E-state index contributed by atoms with van der Waals surface area (Å²) in [5.74, 6) is 0.971. The number of amides is 2. The van der Waals surface area contributed by atoms with Gasteiger partial charge in [0.05, 0.1) is 0 Å². The summed E-state index contributed by atoms with van der Waals surface area (Å²) in [5, 5.41) is 0. The number of hydrogen-bond acceptors (Lipinski definition) is 4. The monoisotopic (exact) mass is 643 g/mol. The van der Waals surface area contributed by atoms with Crippen LogP contribution < -0.4 is 0 Å². The molecule has 0 radical (unpaired) electrons. The Labute approximate surface area is 286 Å². The Bertz CT molecular complexity index is 1590. The van der Waals surface area contributed by atoms with E-state index in [2.05, 4.69) is 66.4 Å². The van der Waals surface area contributed by atoms with E-state index in [0.29, 0.717) is 18.4 Å². The van der Waals surface area contributed by atoms with Gasteiger partial charge in [0.25, 0.3) is 5.91 Å². The molecular formula is C42H49N3O3. The van der Waals surface area contributed by atoms with Gasteiger partial charge < -0.3 is 19.4 Å². The quantitative estimate of drug-likeness (QED) is 0.165. The van der Waals surface area contributed by atoms with Gasteiger partial charge >= 0.3 is 6.09 Å². The molecule has 2 unspecified atom stereocenters. The Morgan fingerprint density at radius 3 is 2.00 bits per heavy atom. The average Bonchev–Trinajstić information content (AvgIpc) is 3.57. The molecule has 1 saturated heterocycles. The van der Waals surface area contributed by atoms with E-state index in [1.165, 1.54) is 11.1 Å².